The van der Waals surface area contributed by atoms with Gasteiger partial charge in [0, 0.05) is 0 Å². The Morgan fingerprint density at radius 2 is 1.85 bits per heavy atom. The van der Waals surface area contributed by atoms with Crippen molar-refractivity contribution in [2.24, 2.45) is 4.99 Å². The normalized spacial score (nSPS) is 20.1. The standard InChI is InChI=1S/C21H20F3NOS/c22-21(23,24)18-4-1-3-17(11-18)16-9-7-15(8-10-16)13-26-20-6-2-5-19(12-20)25-14-27/h1,3-4,7-11,19-20H,2,5-6,12-13H2. The summed E-state index contributed by atoms with van der Waals surface area (Å²) in [5.41, 5.74) is 1.65. The van der Waals surface area contributed by atoms with E-state index < -0.39 is 11.7 Å². The molecule has 0 aliphatic heterocycles. The number of ether oxygens (including phenoxy) is 1. The Bertz CT molecular complexity index is 813. The fraction of sp³-hybridized carbons (Fsp3) is 0.381. The van der Waals surface area contributed by atoms with Crippen LogP contribution in [0.15, 0.2) is 53.5 Å². The van der Waals surface area contributed by atoms with Gasteiger partial charge in [0.2, 0.25) is 0 Å². The van der Waals surface area contributed by atoms with Crippen molar-refractivity contribution in [3.63, 3.8) is 0 Å². The van der Waals surface area contributed by atoms with Gasteiger partial charge in [0.15, 0.2) is 0 Å². The van der Waals surface area contributed by atoms with Crippen LogP contribution in [0, 0.1) is 0 Å². The summed E-state index contributed by atoms with van der Waals surface area (Å²) in [6.45, 7) is 0.474. The first-order valence-corrected chi connectivity index (χ1v) is 9.31. The van der Waals surface area contributed by atoms with Crippen molar-refractivity contribution in [1.29, 1.82) is 0 Å². The van der Waals surface area contributed by atoms with Gasteiger partial charge in [-0.3, -0.25) is 0 Å². The summed E-state index contributed by atoms with van der Waals surface area (Å²) in [7, 11) is 0. The van der Waals surface area contributed by atoms with E-state index >= 15 is 0 Å². The Balaban J connectivity index is 1.62. The highest BCUT2D eigenvalue weighted by atomic mass is 32.1. The number of benzene rings is 2. The lowest BCUT2D eigenvalue weighted by Crippen LogP contribution is -2.24. The summed E-state index contributed by atoms with van der Waals surface area (Å²) < 4.78 is 44.6. The number of hydrogen-bond acceptors (Lipinski definition) is 3. The van der Waals surface area contributed by atoms with Gasteiger partial charge in [-0.25, -0.2) is 4.99 Å². The maximum absolute atomic E-state index is 12.9. The molecule has 1 aliphatic carbocycles. The number of alkyl halides is 3. The maximum atomic E-state index is 12.9. The molecule has 2 unspecified atom stereocenters. The number of halogens is 3. The zero-order chi connectivity index (χ0) is 19.3. The second-order valence-electron chi connectivity index (χ2n) is 6.75. The van der Waals surface area contributed by atoms with Crippen LogP contribution in [0.4, 0.5) is 13.2 Å². The second kappa shape index (κ2) is 8.79. The Morgan fingerprint density at radius 3 is 2.56 bits per heavy atom. The molecule has 0 heterocycles. The van der Waals surface area contributed by atoms with Gasteiger partial charge in [0.05, 0.1) is 29.5 Å². The van der Waals surface area contributed by atoms with Crippen LogP contribution in [0.3, 0.4) is 0 Å². The first-order chi connectivity index (χ1) is 13.0. The van der Waals surface area contributed by atoms with Gasteiger partial charge < -0.3 is 4.74 Å². The minimum atomic E-state index is -4.34. The van der Waals surface area contributed by atoms with E-state index in [1.165, 1.54) is 12.1 Å². The first-order valence-electron chi connectivity index (χ1n) is 8.91. The second-order valence-corrected chi connectivity index (χ2v) is 6.93. The minimum absolute atomic E-state index is 0.152. The Labute approximate surface area is 162 Å². The van der Waals surface area contributed by atoms with E-state index in [9.17, 15) is 13.2 Å². The molecule has 0 spiro atoms. The smallest absolute Gasteiger partial charge is 0.373 e. The zero-order valence-electron chi connectivity index (χ0n) is 14.7. The fourth-order valence-corrected chi connectivity index (χ4v) is 3.50. The van der Waals surface area contributed by atoms with Crippen LogP contribution in [-0.2, 0) is 17.5 Å². The molecular formula is C21H20F3NOS. The van der Waals surface area contributed by atoms with Crippen LogP contribution < -0.4 is 0 Å². The molecule has 2 atom stereocenters. The van der Waals surface area contributed by atoms with E-state index in [4.69, 9.17) is 4.74 Å². The van der Waals surface area contributed by atoms with Crippen molar-refractivity contribution in [3.8, 4) is 11.1 Å². The third-order valence-corrected chi connectivity index (χ3v) is 4.90. The van der Waals surface area contributed by atoms with Gasteiger partial charge in [-0.1, -0.05) is 36.4 Å². The van der Waals surface area contributed by atoms with Crippen LogP contribution >= 0.6 is 12.2 Å². The van der Waals surface area contributed by atoms with E-state index in [-0.39, 0.29) is 12.1 Å². The molecule has 2 aromatic carbocycles. The van der Waals surface area contributed by atoms with Crippen molar-refractivity contribution >= 4 is 17.4 Å². The van der Waals surface area contributed by atoms with Gasteiger partial charge >= 0.3 is 6.18 Å². The first kappa shape index (κ1) is 19.7. The Kier molecular flexibility index (Phi) is 6.42. The van der Waals surface area contributed by atoms with Crippen molar-refractivity contribution in [2.45, 2.75) is 50.6 Å². The monoisotopic (exact) mass is 391 g/mol. The molecular weight excluding hydrogens is 371 g/mol. The average Bonchev–Trinajstić information content (AvgIpc) is 2.67. The van der Waals surface area contributed by atoms with E-state index in [2.05, 4.69) is 22.4 Å². The van der Waals surface area contributed by atoms with Crippen molar-refractivity contribution in [1.82, 2.24) is 0 Å². The molecule has 0 N–H and O–H groups in total. The zero-order valence-corrected chi connectivity index (χ0v) is 15.5. The molecule has 2 nitrogen and oxygen atoms in total. The van der Waals surface area contributed by atoms with Crippen LogP contribution in [0.2, 0.25) is 0 Å². The van der Waals surface area contributed by atoms with Crippen molar-refractivity contribution in [3.05, 3.63) is 59.7 Å². The lowest BCUT2D eigenvalue weighted by Gasteiger charge is -2.26. The van der Waals surface area contributed by atoms with Crippen LogP contribution in [0.25, 0.3) is 11.1 Å². The Morgan fingerprint density at radius 1 is 1.07 bits per heavy atom. The highest BCUT2D eigenvalue weighted by Gasteiger charge is 2.30. The molecule has 1 fully saturated rings. The number of rotatable bonds is 5. The van der Waals surface area contributed by atoms with Gasteiger partial charge in [-0.05, 0) is 66.7 Å². The molecule has 3 rings (SSSR count). The number of isothiocyanates is 1. The molecule has 1 saturated carbocycles. The van der Waals surface area contributed by atoms with Crippen molar-refractivity contribution in [2.75, 3.05) is 0 Å². The van der Waals surface area contributed by atoms with Gasteiger partial charge in [-0.2, -0.15) is 13.2 Å². The topological polar surface area (TPSA) is 21.6 Å². The molecule has 142 valence electrons. The molecule has 0 amide bonds. The average molecular weight is 391 g/mol. The number of thiocarbonyl (C=S) groups is 1. The SMILES string of the molecule is FC(F)(F)c1cccc(-c2ccc(COC3CCCC(N=C=S)C3)cc2)c1. The number of aliphatic imine (C=N–C) groups is 1. The lowest BCUT2D eigenvalue weighted by atomic mass is 9.93. The van der Waals surface area contributed by atoms with E-state index in [0.29, 0.717) is 12.2 Å². The summed E-state index contributed by atoms with van der Waals surface area (Å²) in [4.78, 5) is 4.16. The highest BCUT2D eigenvalue weighted by molar-refractivity contribution is 7.78. The third-order valence-electron chi connectivity index (χ3n) is 4.80. The van der Waals surface area contributed by atoms with Crippen LogP contribution in [-0.4, -0.2) is 17.3 Å². The molecule has 0 bridgehead atoms. The minimum Gasteiger partial charge on any atom is -0.373 e. The number of nitrogens with zero attached hydrogens (tertiary/aromatic N) is 1. The van der Waals surface area contributed by atoms with Crippen LogP contribution in [0.1, 0.15) is 36.8 Å². The summed E-state index contributed by atoms with van der Waals surface area (Å²) >= 11 is 4.67. The predicted octanol–water partition coefficient (Wildman–Crippen LogP) is 6.30. The van der Waals surface area contributed by atoms with E-state index in [0.717, 1.165) is 42.9 Å². The number of hydrogen-bond donors (Lipinski definition) is 0. The molecule has 0 aromatic heterocycles. The summed E-state index contributed by atoms with van der Waals surface area (Å²) in [6, 6.07) is 13.0. The maximum Gasteiger partial charge on any atom is 0.416 e. The van der Waals surface area contributed by atoms with Crippen molar-refractivity contribution < 1.29 is 17.9 Å². The van der Waals surface area contributed by atoms with Gasteiger partial charge in [0.25, 0.3) is 0 Å². The molecule has 0 saturated heterocycles. The molecule has 0 radical (unpaired) electrons. The molecule has 1 aliphatic rings. The predicted molar refractivity (Wildman–Crippen MR) is 103 cm³/mol. The summed E-state index contributed by atoms with van der Waals surface area (Å²) in [5.74, 6) is 0. The van der Waals surface area contributed by atoms with E-state index in [1.807, 2.05) is 24.3 Å². The molecule has 27 heavy (non-hydrogen) atoms. The largest absolute Gasteiger partial charge is 0.416 e. The summed E-state index contributed by atoms with van der Waals surface area (Å²) in [5, 5.41) is 2.45. The third kappa shape index (κ3) is 5.48. The molecule has 2 aromatic rings. The van der Waals surface area contributed by atoms with Gasteiger partial charge in [-0.15, -0.1) is 0 Å². The lowest BCUT2D eigenvalue weighted by molar-refractivity contribution is -0.137. The van der Waals surface area contributed by atoms with Gasteiger partial charge in [0.1, 0.15) is 0 Å². The summed E-state index contributed by atoms with van der Waals surface area (Å²) in [6.07, 6.45) is -0.245. The highest BCUT2D eigenvalue weighted by Crippen LogP contribution is 2.32. The van der Waals surface area contributed by atoms with E-state index in [1.54, 1.807) is 6.07 Å². The van der Waals surface area contributed by atoms with Crippen LogP contribution in [0.5, 0.6) is 0 Å². The fourth-order valence-electron chi connectivity index (χ4n) is 3.35. The Hall–Kier alpha value is -2.01. The molecule has 6 heteroatoms. The quantitative estimate of drug-likeness (QED) is 0.440.